The highest BCUT2D eigenvalue weighted by molar-refractivity contribution is 9.09. The van der Waals surface area contributed by atoms with E-state index in [1.165, 1.54) is 10.9 Å². The summed E-state index contributed by atoms with van der Waals surface area (Å²) in [7, 11) is 0. The number of rotatable bonds is 3. The van der Waals surface area contributed by atoms with Crippen LogP contribution >= 0.6 is 15.9 Å². The van der Waals surface area contributed by atoms with Crippen molar-refractivity contribution in [3.8, 4) is 0 Å². The lowest BCUT2D eigenvalue weighted by Gasteiger charge is -2.04. The molecule has 1 unspecified atom stereocenters. The molecule has 0 saturated carbocycles. The molecule has 0 aliphatic heterocycles. The average molecular weight is 272 g/mol. The summed E-state index contributed by atoms with van der Waals surface area (Å²) in [5.41, 5.74) is 0.632. The van der Waals surface area contributed by atoms with Crippen LogP contribution < -0.4 is 0 Å². The van der Waals surface area contributed by atoms with Crippen molar-refractivity contribution in [2.75, 3.05) is 0 Å². The topological polar surface area (TPSA) is 30.7 Å². The molecule has 0 aliphatic carbocycles. The van der Waals surface area contributed by atoms with Crippen LogP contribution in [0.15, 0.2) is 6.20 Å². The molecule has 3 nitrogen and oxygen atoms in total. The van der Waals surface area contributed by atoms with Gasteiger partial charge in [-0.25, -0.2) is 0 Å². The lowest BCUT2D eigenvalue weighted by Crippen LogP contribution is -2.12. The number of hydrogen-bond acceptors (Lipinski definition) is 2. The van der Waals surface area contributed by atoms with Gasteiger partial charge in [0.15, 0.2) is 0 Å². The summed E-state index contributed by atoms with van der Waals surface area (Å²) in [6.07, 6.45) is -3.52. The van der Waals surface area contributed by atoms with Gasteiger partial charge in [0.25, 0.3) is 0 Å². The molecule has 0 aliphatic rings. The van der Waals surface area contributed by atoms with E-state index in [1.807, 2.05) is 6.92 Å². The molecule has 0 bridgehead atoms. The maximum atomic E-state index is 11.8. The summed E-state index contributed by atoms with van der Waals surface area (Å²) in [6, 6.07) is 0. The maximum absolute atomic E-state index is 11.8. The Bertz CT molecular complexity index is 295. The fourth-order valence-corrected chi connectivity index (χ4v) is 1.06. The predicted molar refractivity (Wildman–Crippen MR) is 48.0 cm³/mol. The first kappa shape index (κ1) is 11.5. The third kappa shape index (κ3) is 3.65. The van der Waals surface area contributed by atoms with Crippen molar-refractivity contribution < 1.29 is 13.2 Å². The van der Waals surface area contributed by atoms with Crippen LogP contribution in [0.1, 0.15) is 23.9 Å². The molecule has 1 atom stereocenters. The summed E-state index contributed by atoms with van der Waals surface area (Å²) in [5.74, 6) is 0. The van der Waals surface area contributed by atoms with Crippen LogP contribution in [-0.4, -0.2) is 21.2 Å². The van der Waals surface area contributed by atoms with E-state index in [4.69, 9.17) is 0 Å². The largest absolute Gasteiger partial charge is 0.390 e. The Morgan fingerprint density at radius 2 is 2.21 bits per heavy atom. The third-order valence-corrected chi connectivity index (χ3v) is 2.06. The van der Waals surface area contributed by atoms with Crippen molar-refractivity contribution in [1.29, 1.82) is 0 Å². The highest BCUT2D eigenvalue weighted by Gasteiger charge is 2.26. The first-order chi connectivity index (χ1) is 6.38. The molecule has 1 aromatic rings. The van der Waals surface area contributed by atoms with Gasteiger partial charge in [-0.3, -0.25) is 4.68 Å². The van der Waals surface area contributed by atoms with Gasteiger partial charge in [0, 0.05) is 6.20 Å². The smallest absolute Gasteiger partial charge is 0.252 e. The molecule has 1 aromatic heterocycles. The molecule has 80 valence electrons. The fraction of sp³-hybridized carbons (Fsp3) is 0.714. The van der Waals surface area contributed by atoms with Gasteiger partial charge in [-0.1, -0.05) is 21.1 Å². The summed E-state index contributed by atoms with van der Waals surface area (Å²) in [4.78, 5) is 0.00198. The summed E-state index contributed by atoms with van der Waals surface area (Å²) < 4.78 is 36.7. The van der Waals surface area contributed by atoms with Gasteiger partial charge in [-0.2, -0.15) is 13.2 Å². The SMILES string of the molecule is CC(Br)c1cn(CCC(F)(F)F)nn1. The van der Waals surface area contributed by atoms with E-state index >= 15 is 0 Å². The van der Waals surface area contributed by atoms with Crippen LogP contribution in [-0.2, 0) is 6.54 Å². The minimum absolute atomic E-state index is 0.00198. The summed E-state index contributed by atoms with van der Waals surface area (Å²) in [6.45, 7) is 1.65. The van der Waals surface area contributed by atoms with Crippen molar-refractivity contribution in [2.24, 2.45) is 0 Å². The Hall–Kier alpha value is -0.590. The molecule has 0 fully saturated rings. The zero-order valence-electron chi connectivity index (χ0n) is 7.42. The molecular weight excluding hydrogens is 263 g/mol. The second-order valence-electron chi connectivity index (χ2n) is 2.89. The normalized spacial score (nSPS) is 14.4. The second kappa shape index (κ2) is 4.29. The van der Waals surface area contributed by atoms with Crippen LogP contribution in [0.25, 0.3) is 0 Å². The molecule has 0 saturated heterocycles. The quantitative estimate of drug-likeness (QED) is 0.792. The zero-order valence-corrected chi connectivity index (χ0v) is 9.01. The predicted octanol–water partition coefficient (Wildman–Crippen LogP) is 2.69. The van der Waals surface area contributed by atoms with Gasteiger partial charge in [0.2, 0.25) is 0 Å². The van der Waals surface area contributed by atoms with Gasteiger partial charge in [-0.05, 0) is 6.92 Å². The number of hydrogen-bond donors (Lipinski definition) is 0. The van der Waals surface area contributed by atoms with Gasteiger partial charge >= 0.3 is 6.18 Å². The standard InChI is InChI=1S/C7H9BrF3N3/c1-5(8)6-4-14(13-12-6)3-2-7(9,10)11/h4-5H,2-3H2,1H3. The first-order valence-corrected chi connectivity index (χ1v) is 4.91. The molecule has 14 heavy (non-hydrogen) atoms. The van der Waals surface area contributed by atoms with E-state index in [9.17, 15) is 13.2 Å². The highest BCUT2D eigenvalue weighted by atomic mass is 79.9. The minimum Gasteiger partial charge on any atom is -0.252 e. The Labute approximate surface area is 87.4 Å². The Balaban J connectivity index is 2.52. The van der Waals surface area contributed by atoms with Crippen LogP contribution in [0.5, 0.6) is 0 Å². The average Bonchev–Trinajstić information content (AvgIpc) is 2.47. The molecule has 7 heteroatoms. The Morgan fingerprint density at radius 3 is 2.64 bits per heavy atom. The van der Waals surface area contributed by atoms with Crippen molar-refractivity contribution in [3.63, 3.8) is 0 Å². The molecule has 1 rings (SSSR count). The van der Waals surface area contributed by atoms with Gasteiger partial charge in [0.1, 0.15) is 0 Å². The third-order valence-electron chi connectivity index (χ3n) is 1.59. The van der Waals surface area contributed by atoms with E-state index in [0.29, 0.717) is 5.69 Å². The number of aryl methyl sites for hydroxylation is 1. The summed E-state index contributed by atoms with van der Waals surface area (Å²) in [5, 5.41) is 7.29. The molecule has 0 N–H and O–H groups in total. The molecule has 0 radical (unpaired) electrons. The van der Waals surface area contributed by atoms with Crippen molar-refractivity contribution in [2.45, 2.75) is 30.9 Å². The van der Waals surface area contributed by atoms with Crippen LogP contribution in [0.4, 0.5) is 13.2 Å². The van der Waals surface area contributed by atoms with Gasteiger partial charge in [0.05, 0.1) is 23.5 Å². The number of aromatic nitrogens is 3. The van der Waals surface area contributed by atoms with E-state index in [2.05, 4.69) is 26.2 Å². The van der Waals surface area contributed by atoms with Crippen LogP contribution in [0.3, 0.4) is 0 Å². The van der Waals surface area contributed by atoms with E-state index in [-0.39, 0.29) is 11.4 Å². The second-order valence-corrected chi connectivity index (χ2v) is 4.26. The molecule has 0 spiro atoms. The van der Waals surface area contributed by atoms with E-state index in [0.717, 1.165) is 0 Å². The van der Waals surface area contributed by atoms with Crippen LogP contribution in [0, 0.1) is 0 Å². The summed E-state index contributed by atoms with van der Waals surface area (Å²) >= 11 is 3.25. The van der Waals surface area contributed by atoms with Crippen molar-refractivity contribution in [3.05, 3.63) is 11.9 Å². The lowest BCUT2D eigenvalue weighted by atomic mass is 10.4. The Kier molecular flexibility index (Phi) is 3.52. The highest BCUT2D eigenvalue weighted by Crippen LogP contribution is 2.21. The van der Waals surface area contributed by atoms with E-state index < -0.39 is 12.6 Å². The monoisotopic (exact) mass is 271 g/mol. The number of halogens is 4. The van der Waals surface area contributed by atoms with Crippen LogP contribution in [0.2, 0.25) is 0 Å². The van der Waals surface area contributed by atoms with E-state index in [1.54, 1.807) is 0 Å². The first-order valence-electron chi connectivity index (χ1n) is 3.99. The van der Waals surface area contributed by atoms with Crippen molar-refractivity contribution in [1.82, 2.24) is 15.0 Å². The van der Waals surface area contributed by atoms with Gasteiger partial charge in [-0.15, -0.1) is 5.10 Å². The molecular formula is C7H9BrF3N3. The number of alkyl halides is 4. The number of nitrogens with zero attached hydrogens (tertiary/aromatic N) is 3. The fourth-order valence-electron chi connectivity index (χ4n) is 0.846. The van der Waals surface area contributed by atoms with Crippen molar-refractivity contribution >= 4 is 15.9 Å². The molecule has 0 amide bonds. The molecule has 1 heterocycles. The lowest BCUT2D eigenvalue weighted by molar-refractivity contribution is -0.137. The maximum Gasteiger partial charge on any atom is 0.390 e. The zero-order chi connectivity index (χ0) is 10.8. The Morgan fingerprint density at radius 1 is 1.57 bits per heavy atom. The molecule has 0 aromatic carbocycles. The minimum atomic E-state index is -4.15. The van der Waals surface area contributed by atoms with Gasteiger partial charge < -0.3 is 0 Å².